The Balaban J connectivity index is 1.50. The number of rotatable bonds is 7. The van der Waals surface area contributed by atoms with Crippen molar-refractivity contribution in [1.82, 2.24) is 5.32 Å². The second-order valence-corrected chi connectivity index (χ2v) is 7.74. The molecule has 1 atom stereocenters. The van der Waals surface area contributed by atoms with Crippen LogP contribution in [-0.4, -0.2) is 43.1 Å². The largest absolute Gasteiger partial charge is 0.494 e. The molecule has 0 radical (unpaired) electrons. The molecular formula is C22H27N3O5. The van der Waals surface area contributed by atoms with E-state index in [1.165, 1.54) is 4.90 Å². The van der Waals surface area contributed by atoms with Gasteiger partial charge < -0.3 is 19.7 Å². The molecule has 160 valence electrons. The summed E-state index contributed by atoms with van der Waals surface area (Å²) >= 11 is 0. The van der Waals surface area contributed by atoms with Gasteiger partial charge in [-0.2, -0.15) is 5.26 Å². The summed E-state index contributed by atoms with van der Waals surface area (Å²) in [4.78, 5) is 38.5. The van der Waals surface area contributed by atoms with Gasteiger partial charge in [0.1, 0.15) is 11.3 Å². The monoisotopic (exact) mass is 413 g/mol. The molecule has 0 spiro atoms. The number of ether oxygens (including phenoxy) is 2. The van der Waals surface area contributed by atoms with Gasteiger partial charge in [0.15, 0.2) is 6.61 Å². The summed E-state index contributed by atoms with van der Waals surface area (Å²) in [6.07, 6.45) is 4.08. The van der Waals surface area contributed by atoms with Crippen LogP contribution < -0.4 is 15.0 Å². The van der Waals surface area contributed by atoms with Crippen LogP contribution in [0.3, 0.4) is 0 Å². The first kappa shape index (κ1) is 21.6. The van der Waals surface area contributed by atoms with Gasteiger partial charge in [0.25, 0.3) is 5.91 Å². The van der Waals surface area contributed by atoms with Crippen LogP contribution in [0.25, 0.3) is 0 Å². The number of carbonyl (C=O) groups excluding carboxylic acids is 3. The fraction of sp³-hybridized carbons (Fsp3) is 0.545. The van der Waals surface area contributed by atoms with E-state index in [-0.39, 0.29) is 18.9 Å². The summed E-state index contributed by atoms with van der Waals surface area (Å²) in [5.74, 6) is -1.16. The molecule has 1 aliphatic heterocycles. The minimum Gasteiger partial charge on any atom is -0.494 e. The summed E-state index contributed by atoms with van der Waals surface area (Å²) in [7, 11) is 0. The minimum atomic E-state index is -0.866. The first-order valence-corrected chi connectivity index (χ1v) is 10.4. The number of amides is 2. The second-order valence-electron chi connectivity index (χ2n) is 7.74. The first-order chi connectivity index (χ1) is 14.5. The molecule has 2 fully saturated rings. The van der Waals surface area contributed by atoms with Crippen LogP contribution in [0, 0.1) is 17.2 Å². The first-order valence-electron chi connectivity index (χ1n) is 10.4. The average molecular weight is 413 g/mol. The lowest BCUT2D eigenvalue weighted by Gasteiger charge is -2.31. The van der Waals surface area contributed by atoms with Crippen molar-refractivity contribution in [3.63, 3.8) is 0 Å². The van der Waals surface area contributed by atoms with Gasteiger partial charge >= 0.3 is 5.97 Å². The molecule has 1 heterocycles. The zero-order valence-corrected chi connectivity index (χ0v) is 17.2. The maximum Gasteiger partial charge on any atom is 0.311 e. The molecule has 1 aromatic carbocycles. The van der Waals surface area contributed by atoms with Crippen molar-refractivity contribution in [2.75, 3.05) is 24.7 Å². The Kier molecular flexibility index (Phi) is 6.93. The average Bonchev–Trinajstić information content (AvgIpc) is 3.15. The van der Waals surface area contributed by atoms with Crippen molar-refractivity contribution in [1.29, 1.82) is 5.26 Å². The molecule has 1 N–H and O–H groups in total. The Morgan fingerprint density at radius 3 is 2.57 bits per heavy atom. The van der Waals surface area contributed by atoms with Crippen molar-refractivity contribution in [2.24, 2.45) is 5.92 Å². The molecule has 1 unspecified atom stereocenters. The van der Waals surface area contributed by atoms with Gasteiger partial charge in [0, 0.05) is 18.7 Å². The third kappa shape index (κ3) is 5.09. The number of nitrogens with one attached hydrogen (secondary N) is 1. The van der Waals surface area contributed by atoms with Crippen molar-refractivity contribution in [3.05, 3.63) is 24.3 Å². The summed E-state index contributed by atoms with van der Waals surface area (Å²) in [6.45, 7) is 2.20. The fourth-order valence-corrected chi connectivity index (χ4v) is 3.98. The second kappa shape index (κ2) is 9.61. The summed E-state index contributed by atoms with van der Waals surface area (Å²) in [5, 5.41) is 12.2. The third-order valence-corrected chi connectivity index (χ3v) is 5.56. The number of nitrogens with zero attached hydrogens (tertiary/aromatic N) is 2. The lowest BCUT2D eigenvalue weighted by molar-refractivity contribution is -0.152. The van der Waals surface area contributed by atoms with Gasteiger partial charge in [-0.25, -0.2) is 0 Å². The van der Waals surface area contributed by atoms with E-state index in [9.17, 15) is 19.6 Å². The van der Waals surface area contributed by atoms with Gasteiger partial charge in [-0.1, -0.05) is 19.3 Å². The maximum absolute atomic E-state index is 12.4. The molecule has 1 aromatic rings. The highest BCUT2D eigenvalue weighted by Gasteiger charge is 2.37. The quantitative estimate of drug-likeness (QED) is 0.687. The number of carbonyl (C=O) groups is 3. The molecule has 0 aromatic heterocycles. The smallest absolute Gasteiger partial charge is 0.311 e. The van der Waals surface area contributed by atoms with Crippen molar-refractivity contribution < 1.29 is 23.9 Å². The number of esters is 1. The van der Waals surface area contributed by atoms with Gasteiger partial charge in [-0.3, -0.25) is 14.4 Å². The number of nitriles is 1. The highest BCUT2D eigenvalue weighted by atomic mass is 16.5. The topological polar surface area (TPSA) is 109 Å². The van der Waals surface area contributed by atoms with E-state index in [1.54, 1.807) is 24.3 Å². The Labute approximate surface area is 176 Å². The van der Waals surface area contributed by atoms with Crippen LogP contribution in [0.5, 0.6) is 5.75 Å². The minimum absolute atomic E-state index is 0.0375. The SMILES string of the molecule is CCOc1ccc(N2CC(C(=O)OCC(=O)NC3(C#N)CCCCC3)CC2=O)cc1. The fourth-order valence-electron chi connectivity index (χ4n) is 3.98. The van der Waals surface area contributed by atoms with Crippen molar-refractivity contribution in [3.8, 4) is 11.8 Å². The van der Waals surface area contributed by atoms with E-state index in [2.05, 4.69) is 11.4 Å². The van der Waals surface area contributed by atoms with Crippen LogP contribution in [0.2, 0.25) is 0 Å². The Morgan fingerprint density at radius 2 is 1.93 bits per heavy atom. The molecule has 2 aliphatic rings. The highest BCUT2D eigenvalue weighted by molar-refractivity contribution is 5.99. The molecule has 1 saturated carbocycles. The van der Waals surface area contributed by atoms with E-state index in [0.717, 1.165) is 19.3 Å². The highest BCUT2D eigenvalue weighted by Crippen LogP contribution is 2.28. The number of hydrogen-bond acceptors (Lipinski definition) is 6. The van der Waals surface area contributed by atoms with E-state index >= 15 is 0 Å². The van der Waals surface area contributed by atoms with Gasteiger partial charge in [-0.05, 0) is 44.0 Å². The lowest BCUT2D eigenvalue weighted by atomic mass is 9.83. The molecule has 8 heteroatoms. The number of benzene rings is 1. The Hall–Kier alpha value is -3.08. The molecule has 3 rings (SSSR count). The number of anilines is 1. The van der Waals surface area contributed by atoms with Gasteiger partial charge in [0.2, 0.25) is 5.91 Å². The van der Waals surface area contributed by atoms with Crippen LogP contribution in [0.4, 0.5) is 5.69 Å². The maximum atomic E-state index is 12.4. The van der Waals surface area contributed by atoms with E-state index in [1.807, 2.05) is 6.92 Å². The molecule has 2 amide bonds. The molecule has 1 saturated heterocycles. The zero-order valence-electron chi connectivity index (χ0n) is 17.2. The Morgan fingerprint density at radius 1 is 1.23 bits per heavy atom. The lowest BCUT2D eigenvalue weighted by Crippen LogP contribution is -2.50. The summed E-state index contributed by atoms with van der Waals surface area (Å²) in [6, 6.07) is 9.30. The van der Waals surface area contributed by atoms with Crippen molar-refractivity contribution >= 4 is 23.5 Å². The van der Waals surface area contributed by atoms with Crippen molar-refractivity contribution in [2.45, 2.75) is 51.0 Å². The predicted octanol–water partition coefficient (Wildman–Crippen LogP) is 2.32. The van der Waals surface area contributed by atoms with Crippen LogP contribution in [0.1, 0.15) is 45.4 Å². The normalized spacial score (nSPS) is 20.3. The molecule has 8 nitrogen and oxygen atoms in total. The third-order valence-electron chi connectivity index (χ3n) is 5.56. The predicted molar refractivity (Wildman–Crippen MR) is 109 cm³/mol. The van der Waals surface area contributed by atoms with E-state index in [0.29, 0.717) is 30.9 Å². The standard InChI is InChI=1S/C22H27N3O5/c1-2-29-18-8-6-17(7-9-18)25-13-16(12-20(25)27)21(28)30-14-19(26)24-22(15-23)10-4-3-5-11-22/h6-9,16H,2-5,10-14H2,1H3,(H,24,26). The van der Waals surface area contributed by atoms with Gasteiger partial charge in [-0.15, -0.1) is 0 Å². The summed E-state index contributed by atoms with van der Waals surface area (Å²) in [5.41, 5.74) is -0.181. The van der Waals surface area contributed by atoms with E-state index < -0.39 is 29.9 Å². The molecule has 1 aliphatic carbocycles. The summed E-state index contributed by atoms with van der Waals surface area (Å²) < 4.78 is 10.5. The molecule has 30 heavy (non-hydrogen) atoms. The van der Waals surface area contributed by atoms with E-state index in [4.69, 9.17) is 9.47 Å². The zero-order chi connectivity index (χ0) is 21.6. The number of hydrogen-bond donors (Lipinski definition) is 1. The van der Waals surface area contributed by atoms with Crippen LogP contribution in [-0.2, 0) is 19.1 Å². The van der Waals surface area contributed by atoms with Crippen LogP contribution >= 0.6 is 0 Å². The Bertz CT molecular complexity index is 824. The van der Waals surface area contributed by atoms with Crippen LogP contribution in [0.15, 0.2) is 24.3 Å². The van der Waals surface area contributed by atoms with Gasteiger partial charge in [0.05, 0.1) is 18.6 Å². The molecular weight excluding hydrogens is 386 g/mol. The molecule has 0 bridgehead atoms.